The molecule has 1 saturated heterocycles. The third-order valence-electron chi connectivity index (χ3n) is 5.78. The number of hydrogen-bond acceptors (Lipinski definition) is 5. The van der Waals surface area contributed by atoms with Gasteiger partial charge in [-0.2, -0.15) is 0 Å². The Morgan fingerprint density at radius 2 is 1.76 bits per heavy atom. The van der Waals surface area contributed by atoms with Crippen LogP contribution in [0.15, 0.2) is 30.4 Å². The number of fused-ring (bicyclic) bond motifs is 5. The molecule has 7 nitrogen and oxygen atoms in total. The van der Waals surface area contributed by atoms with Crippen molar-refractivity contribution in [3.8, 4) is 0 Å². The number of nitrogens with one attached hydrogen (secondary N) is 1. The van der Waals surface area contributed by atoms with E-state index in [4.69, 9.17) is 27.9 Å². The molecule has 0 aromatic heterocycles. The normalized spacial score (nSPS) is 27.9. The highest BCUT2D eigenvalue weighted by Gasteiger charge is 2.60. The molecule has 1 aromatic carbocycles. The van der Waals surface area contributed by atoms with E-state index < -0.39 is 24.5 Å². The number of ether oxygens (including phenoxy) is 1. The second-order valence-electron chi connectivity index (χ2n) is 7.51. The maximum atomic E-state index is 12.7. The summed E-state index contributed by atoms with van der Waals surface area (Å²) in [6.45, 7) is 0.880. The molecular weight excluding hydrogens is 419 g/mol. The Hall–Kier alpha value is -2.38. The summed E-state index contributed by atoms with van der Waals surface area (Å²) in [5, 5.41) is 3.15. The first-order chi connectivity index (χ1) is 13.8. The number of carbonyl (C=O) groups is 4. The van der Waals surface area contributed by atoms with Crippen molar-refractivity contribution in [3.05, 3.63) is 40.4 Å². The van der Waals surface area contributed by atoms with Gasteiger partial charge in [-0.05, 0) is 43.4 Å². The minimum Gasteiger partial charge on any atom is -0.454 e. The van der Waals surface area contributed by atoms with Gasteiger partial charge in [0.15, 0.2) is 6.61 Å². The van der Waals surface area contributed by atoms with Gasteiger partial charge in [0.2, 0.25) is 11.8 Å². The standard InChI is InChI=1S/C20H18Cl2N2O5/c1-9(24-18(26)16-10-2-3-11(6-10)17(16)19(24)27)20(28)29-8-15(25)23-12-4-5-13(21)14(22)7-12/h2-5,7,9-11,16-17H,6,8H2,1H3,(H,23,25)/t9-,10-,11-,16-,17+/m0/s1. The van der Waals surface area contributed by atoms with E-state index in [1.807, 2.05) is 12.2 Å². The van der Waals surface area contributed by atoms with Gasteiger partial charge < -0.3 is 10.1 Å². The number of nitrogens with zero attached hydrogens (tertiary/aromatic N) is 1. The van der Waals surface area contributed by atoms with E-state index in [-0.39, 0.29) is 40.5 Å². The molecule has 1 aliphatic heterocycles. The molecule has 2 aliphatic carbocycles. The highest BCUT2D eigenvalue weighted by atomic mass is 35.5. The maximum absolute atomic E-state index is 12.7. The Labute approximate surface area is 177 Å². The number of allylic oxidation sites excluding steroid dienone is 2. The van der Waals surface area contributed by atoms with Gasteiger partial charge in [0.1, 0.15) is 6.04 Å². The molecule has 1 saturated carbocycles. The van der Waals surface area contributed by atoms with E-state index in [0.717, 1.165) is 11.3 Å². The second kappa shape index (κ2) is 7.46. The van der Waals surface area contributed by atoms with E-state index in [9.17, 15) is 19.2 Å². The van der Waals surface area contributed by atoms with Gasteiger partial charge in [-0.3, -0.25) is 19.3 Å². The van der Waals surface area contributed by atoms with Gasteiger partial charge in [-0.15, -0.1) is 0 Å². The summed E-state index contributed by atoms with van der Waals surface area (Å²) < 4.78 is 5.02. The van der Waals surface area contributed by atoms with E-state index >= 15 is 0 Å². The quantitative estimate of drug-likeness (QED) is 0.435. The van der Waals surface area contributed by atoms with Crippen LogP contribution < -0.4 is 5.32 Å². The summed E-state index contributed by atoms with van der Waals surface area (Å²) in [5.74, 6) is -2.70. The van der Waals surface area contributed by atoms with E-state index in [1.54, 1.807) is 6.07 Å². The van der Waals surface area contributed by atoms with Gasteiger partial charge in [0.25, 0.3) is 5.91 Å². The summed E-state index contributed by atoms with van der Waals surface area (Å²) in [5.41, 5.74) is 0.397. The van der Waals surface area contributed by atoms with Crippen LogP contribution in [0.3, 0.4) is 0 Å². The Morgan fingerprint density at radius 1 is 1.14 bits per heavy atom. The van der Waals surface area contributed by atoms with Crippen LogP contribution in [0.2, 0.25) is 10.0 Å². The molecule has 0 spiro atoms. The number of anilines is 1. The van der Waals surface area contributed by atoms with Crippen molar-refractivity contribution < 1.29 is 23.9 Å². The third-order valence-corrected chi connectivity index (χ3v) is 6.52. The van der Waals surface area contributed by atoms with Gasteiger partial charge in [0.05, 0.1) is 21.9 Å². The average molecular weight is 437 g/mol. The minimum atomic E-state index is -1.09. The highest BCUT2D eigenvalue weighted by molar-refractivity contribution is 6.42. The van der Waals surface area contributed by atoms with E-state index in [0.29, 0.717) is 10.7 Å². The van der Waals surface area contributed by atoms with Crippen molar-refractivity contribution >= 4 is 52.6 Å². The number of carbonyl (C=O) groups excluding carboxylic acids is 4. The van der Waals surface area contributed by atoms with Crippen molar-refractivity contribution in [3.63, 3.8) is 0 Å². The first-order valence-corrected chi connectivity index (χ1v) is 10.0. The number of amides is 3. The maximum Gasteiger partial charge on any atom is 0.329 e. The molecule has 29 heavy (non-hydrogen) atoms. The molecule has 1 aromatic rings. The lowest BCUT2D eigenvalue weighted by Crippen LogP contribution is -2.45. The Kier molecular flexibility index (Phi) is 5.12. The highest BCUT2D eigenvalue weighted by Crippen LogP contribution is 2.52. The molecule has 3 aliphatic rings. The molecule has 0 radical (unpaired) electrons. The fraction of sp³-hybridized carbons (Fsp3) is 0.400. The molecule has 4 rings (SSSR count). The largest absolute Gasteiger partial charge is 0.454 e. The van der Waals surface area contributed by atoms with Crippen LogP contribution in [0.5, 0.6) is 0 Å². The van der Waals surface area contributed by atoms with Crippen molar-refractivity contribution in [2.45, 2.75) is 19.4 Å². The SMILES string of the molecule is C[C@@H](C(=O)OCC(=O)Nc1ccc(Cl)c(Cl)c1)N1C(=O)[C@@H]2[C@H](C1=O)[C@H]1C=C[C@H]2C1. The molecule has 0 unspecified atom stereocenters. The zero-order valence-electron chi connectivity index (χ0n) is 15.4. The van der Waals surface area contributed by atoms with Gasteiger partial charge in [-0.25, -0.2) is 4.79 Å². The molecule has 2 fully saturated rings. The smallest absolute Gasteiger partial charge is 0.329 e. The summed E-state index contributed by atoms with van der Waals surface area (Å²) in [7, 11) is 0. The Balaban J connectivity index is 1.34. The molecular formula is C20H18Cl2N2O5. The lowest BCUT2D eigenvalue weighted by molar-refractivity contribution is -0.159. The Morgan fingerprint density at radius 3 is 2.34 bits per heavy atom. The summed E-state index contributed by atoms with van der Waals surface area (Å²) in [6, 6.07) is 3.46. The number of likely N-dealkylation sites (tertiary alicyclic amines) is 1. The minimum absolute atomic E-state index is 0.0617. The first kappa shape index (κ1) is 19.9. The van der Waals surface area contributed by atoms with E-state index in [1.165, 1.54) is 19.1 Å². The third kappa shape index (κ3) is 3.42. The predicted molar refractivity (Wildman–Crippen MR) is 105 cm³/mol. The molecule has 1 N–H and O–H groups in total. The molecule has 9 heteroatoms. The van der Waals surface area contributed by atoms with Crippen LogP contribution >= 0.6 is 23.2 Å². The number of halogens is 2. The monoisotopic (exact) mass is 436 g/mol. The molecule has 2 bridgehead atoms. The lowest BCUT2D eigenvalue weighted by Gasteiger charge is -2.23. The fourth-order valence-corrected chi connectivity index (χ4v) is 4.74. The van der Waals surface area contributed by atoms with Crippen LogP contribution in [0.25, 0.3) is 0 Å². The van der Waals surface area contributed by atoms with Crippen molar-refractivity contribution in [2.24, 2.45) is 23.7 Å². The Bertz CT molecular complexity index is 917. The van der Waals surface area contributed by atoms with E-state index in [2.05, 4.69) is 5.32 Å². The second-order valence-corrected chi connectivity index (χ2v) is 8.32. The summed E-state index contributed by atoms with van der Waals surface area (Å²) >= 11 is 11.7. The molecule has 5 atom stereocenters. The molecule has 1 heterocycles. The number of esters is 1. The summed E-state index contributed by atoms with van der Waals surface area (Å²) in [6.07, 6.45) is 4.78. The summed E-state index contributed by atoms with van der Waals surface area (Å²) in [4.78, 5) is 50.9. The fourth-order valence-electron chi connectivity index (χ4n) is 4.44. The number of hydrogen-bond donors (Lipinski definition) is 1. The van der Waals surface area contributed by atoms with Crippen LogP contribution in [-0.2, 0) is 23.9 Å². The number of imide groups is 1. The van der Waals surface area contributed by atoms with Crippen LogP contribution in [-0.4, -0.2) is 41.2 Å². The first-order valence-electron chi connectivity index (χ1n) is 9.24. The van der Waals surface area contributed by atoms with Crippen molar-refractivity contribution in [1.82, 2.24) is 4.90 Å². The van der Waals surface area contributed by atoms with Gasteiger partial charge in [-0.1, -0.05) is 35.4 Å². The van der Waals surface area contributed by atoms with Crippen LogP contribution in [0, 0.1) is 23.7 Å². The molecule has 152 valence electrons. The van der Waals surface area contributed by atoms with Gasteiger partial charge in [0, 0.05) is 5.69 Å². The van der Waals surface area contributed by atoms with Crippen LogP contribution in [0.1, 0.15) is 13.3 Å². The predicted octanol–water partition coefficient (Wildman–Crippen LogP) is 2.67. The van der Waals surface area contributed by atoms with Crippen molar-refractivity contribution in [2.75, 3.05) is 11.9 Å². The zero-order valence-corrected chi connectivity index (χ0v) is 16.9. The zero-order chi connectivity index (χ0) is 20.9. The number of rotatable bonds is 5. The topological polar surface area (TPSA) is 92.8 Å². The average Bonchev–Trinajstić information content (AvgIpc) is 3.36. The van der Waals surface area contributed by atoms with Crippen molar-refractivity contribution in [1.29, 1.82) is 0 Å². The number of benzene rings is 1. The lowest BCUT2D eigenvalue weighted by atomic mass is 9.85. The molecule has 3 amide bonds. The van der Waals surface area contributed by atoms with Gasteiger partial charge >= 0.3 is 5.97 Å². The van der Waals surface area contributed by atoms with Crippen LogP contribution in [0.4, 0.5) is 5.69 Å².